The Labute approximate surface area is 120 Å². The number of carbonyl (C=O) groups excluding carboxylic acids is 1. The van der Waals surface area contributed by atoms with Crippen LogP contribution in [0.15, 0.2) is 12.4 Å². The third kappa shape index (κ3) is 4.30. The van der Waals surface area contributed by atoms with Crippen molar-refractivity contribution in [1.82, 2.24) is 25.2 Å². The van der Waals surface area contributed by atoms with Crippen molar-refractivity contribution in [3.8, 4) is 0 Å². The summed E-state index contributed by atoms with van der Waals surface area (Å²) in [7, 11) is 0. The van der Waals surface area contributed by atoms with Gasteiger partial charge in [0, 0.05) is 31.9 Å². The number of piperidine rings is 1. The molecular weight excluding hydrogens is 254 g/mol. The van der Waals surface area contributed by atoms with Gasteiger partial charge in [-0.15, -0.1) is 5.10 Å². The summed E-state index contributed by atoms with van der Waals surface area (Å²) in [6.45, 7) is 7.90. The van der Waals surface area contributed by atoms with Crippen LogP contribution in [0.1, 0.15) is 33.1 Å². The molecule has 0 unspecified atom stereocenters. The Kier molecular flexibility index (Phi) is 5.52. The predicted octanol–water partition coefficient (Wildman–Crippen LogP) is 0.905. The molecular formula is C14H25N5O. The normalized spacial score (nSPS) is 20.2. The van der Waals surface area contributed by atoms with Crippen molar-refractivity contribution >= 4 is 5.91 Å². The summed E-state index contributed by atoms with van der Waals surface area (Å²) in [6, 6.07) is 0.526. The molecule has 20 heavy (non-hydrogen) atoms. The third-order valence-electron chi connectivity index (χ3n) is 3.89. The van der Waals surface area contributed by atoms with Crippen LogP contribution in [0, 0.1) is 5.92 Å². The van der Waals surface area contributed by atoms with Gasteiger partial charge in [0.2, 0.25) is 5.91 Å². The Morgan fingerprint density at radius 3 is 3.05 bits per heavy atom. The monoisotopic (exact) mass is 279 g/mol. The lowest BCUT2D eigenvalue weighted by Gasteiger charge is -2.34. The third-order valence-corrected chi connectivity index (χ3v) is 3.89. The summed E-state index contributed by atoms with van der Waals surface area (Å²) >= 11 is 0. The maximum absolute atomic E-state index is 12.2. The number of hydrogen-bond donors (Lipinski definition) is 1. The number of hydrogen-bond acceptors (Lipinski definition) is 4. The lowest BCUT2D eigenvalue weighted by Crippen LogP contribution is -2.45. The number of aryl methyl sites for hydroxylation is 1. The lowest BCUT2D eigenvalue weighted by molar-refractivity contribution is -0.126. The van der Waals surface area contributed by atoms with Crippen molar-refractivity contribution < 1.29 is 4.79 Å². The average molecular weight is 279 g/mol. The molecule has 1 amide bonds. The van der Waals surface area contributed by atoms with Gasteiger partial charge in [-0.2, -0.15) is 0 Å². The van der Waals surface area contributed by atoms with Crippen molar-refractivity contribution in [2.75, 3.05) is 19.6 Å². The SMILES string of the molecule is CC(C)N1CCC[C@@H](C(=O)NCCCn2ccnn2)C1. The van der Waals surface area contributed by atoms with E-state index in [1.54, 1.807) is 10.9 Å². The molecule has 1 aliphatic heterocycles. The van der Waals surface area contributed by atoms with Gasteiger partial charge in [0.25, 0.3) is 0 Å². The van der Waals surface area contributed by atoms with Crippen LogP contribution in [0.4, 0.5) is 0 Å². The molecule has 1 aromatic rings. The summed E-state index contributed by atoms with van der Waals surface area (Å²) in [4.78, 5) is 14.5. The maximum atomic E-state index is 12.2. The van der Waals surface area contributed by atoms with E-state index < -0.39 is 0 Å². The minimum absolute atomic E-state index is 0.150. The number of aromatic nitrogens is 3. The second-order valence-electron chi connectivity index (χ2n) is 5.74. The first kappa shape index (κ1) is 15.0. The van der Waals surface area contributed by atoms with Gasteiger partial charge in [-0.05, 0) is 39.7 Å². The topological polar surface area (TPSA) is 63.1 Å². The van der Waals surface area contributed by atoms with E-state index in [4.69, 9.17) is 0 Å². The number of nitrogens with one attached hydrogen (secondary N) is 1. The van der Waals surface area contributed by atoms with Gasteiger partial charge >= 0.3 is 0 Å². The molecule has 112 valence electrons. The zero-order chi connectivity index (χ0) is 14.4. The van der Waals surface area contributed by atoms with Gasteiger partial charge in [-0.3, -0.25) is 9.48 Å². The molecule has 1 saturated heterocycles. The maximum Gasteiger partial charge on any atom is 0.224 e. The van der Waals surface area contributed by atoms with Crippen molar-refractivity contribution in [3.63, 3.8) is 0 Å². The summed E-state index contributed by atoms with van der Waals surface area (Å²) in [6.07, 6.45) is 6.52. The zero-order valence-corrected chi connectivity index (χ0v) is 12.5. The highest BCUT2D eigenvalue weighted by Gasteiger charge is 2.26. The second kappa shape index (κ2) is 7.38. The van der Waals surface area contributed by atoms with E-state index >= 15 is 0 Å². The van der Waals surface area contributed by atoms with Gasteiger partial charge in [0.15, 0.2) is 0 Å². The highest BCUT2D eigenvalue weighted by Crippen LogP contribution is 2.18. The van der Waals surface area contributed by atoms with Crippen LogP contribution in [0.3, 0.4) is 0 Å². The van der Waals surface area contributed by atoms with Crippen LogP contribution in [0.25, 0.3) is 0 Å². The molecule has 1 fully saturated rings. The van der Waals surface area contributed by atoms with Crippen LogP contribution in [-0.4, -0.2) is 51.5 Å². The van der Waals surface area contributed by atoms with Crippen LogP contribution in [0.5, 0.6) is 0 Å². The quantitative estimate of drug-likeness (QED) is 0.786. The molecule has 0 saturated carbocycles. The van der Waals surface area contributed by atoms with Gasteiger partial charge in [0.05, 0.1) is 12.1 Å². The van der Waals surface area contributed by atoms with Crippen molar-refractivity contribution in [3.05, 3.63) is 12.4 Å². The molecule has 1 atom stereocenters. The van der Waals surface area contributed by atoms with E-state index in [0.29, 0.717) is 12.6 Å². The van der Waals surface area contributed by atoms with Crippen molar-refractivity contribution in [1.29, 1.82) is 0 Å². The van der Waals surface area contributed by atoms with Crippen molar-refractivity contribution in [2.24, 2.45) is 5.92 Å². The predicted molar refractivity (Wildman–Crippen MR) is 77.1 cm³/mol. The molecule has 0 bridgehead atoms. The molecule has 0 aliphatic carbocycles. The fourth-order valence-corrected chi connectivity index (χ4v) is 2.64. The Morgan fingerprint density at radius 1 is 1.50 bits per heavy atom. The number of amides is 1. The highest BCUT2D eigenvalue weighted by molar-refractivity contribution is 5.78. The van der Waals surface area contributed by atoms with E-state index in [-0.39, 0.29) is 11.8 Å². The summed E-state index contributed by atoms with van der Waals surface area (Å²) in [5.41, 5.74) is 0. The molecule has 6 nitrogen and oxygen atoms in total. The number of rotatable bonds is 6. The molecule has 1 aromatic heterocycles. The highest BCUT2D eigenvalue weighted by atomic mass is 16.1. The summed E-state index contributed by atoms with van der Waals surface area (Å²) in [5.74, 6) is 0.353. The number of carbonyl (C=O) groups is 1. The van der Waals surface area contributed by atoms with Crippen LogP contribution >= 0.6 is 0 Å². The van der Waals surface area contributed by atoms with Crippen LogP contribution in [-0.2, 0) is 11.3 Å². The molecule has 1 aliphatic rings. The van der Waals surface area contributed by atoms with Crippen LogP contribution in [0.2, 0.25) is 0 Å². The molecule has 2 rings (SSSR count). The summed E-state index contributed by atoms with van der Waals surface area (Å²) < 4.78 is 1.78. The zero-order valence-electron chi connectivity index (χ0n) is 12.5. The van der Waals surface area contributed by atoms with Gasteiger partial charge in [-0.1, -0.05) is 5.21 Å². The van der Waals surface area contributed by atoms with Crippen LogP contribution < -0.4 is 5.32 Å². The lowest BCUT2D eigenvalue weighted by atomic mass is 9.96. The minimum Gasteiger partial charge on any atom is -0.356 e. The fraction of sp³-hybridized carbons (Fsp3) is 0.786. The first-order valence-corrected chi connectivity index (χ1v) is 7.52. The van der Waals surface area contributed by atoms with Gasteiger partial charge in [-0.25, -0.2) is 0 Å². The molecule has 0 aromatic carbocycles. The van der Waals surface area contributed by atoms with E-state index in [0.717, 1.165) is 38.9 Å². The Morgan fingerprint density at radius 2 is 2.35 bits per heavy atom. The Bertz CT molecular complexity index is 404. The number of nitrogens with zero attached hydrogens (tertiary/aromatic N) is 4. The van der Waals surface area contributed by atoms with E-state index in [1.807, 2.05) is 6.20 Å². The molecule has 1 N–H and O–H groups in total. The first-order chi connectivity index (χ1) is 9.66. The molecule has 0 radical (unpaired) electrons. The Hall–Kier alpha value is -1.43. The van der Waals surface area contributed by atoms with Gasteiger partial charge < -0.3 is 10.2 Å². The van der Waals surface area contributed by atoms with Crippen molar-refractivity contribution in [2.45, 2.75) is 45.7 Å². The second-order valence-corrected chi connectivity index (χ2v) is 5.74. The summed E-state index contributed by atoms with van der Waals surface area (Å²) in [5, 5.41) is 10.7. The first-order valence-electron chi connectivity index (χ1n) is 7.52. The molecule has 2 heterocycles. The van der Waals surface area contributed by atoms with Gasteiger partial charge in [0.1, 0.15) is 0 Å². The fourth-order valence-electron chi connectivity index (χ4n) is 2.64. The van der Waals surface area contributed by atoms with E-state index in [2.05, 4.69) is 34.4 Å². The molecule has 0 spiro atoms. The average Bonchev–Trinajstić information content (AvgIpc) is 2.96. The molecule has 6 heteroatoms. The minimum atomic E-state index is 0.150. The number of likely N-dealkylation sites (tertiary alicyclic amines) is 1. The largest absolute Gasteiger partial charge is 0.356 e. The Balaban J connectivity index is 1.66. The smallest absolute Gasteiger partial charge is 0.224 e. The standard InChI is InChI=1S/C14H25N5O/c1-12(2)18-8-3-5-13(11-18)14(20)15-6-4-9-19-10-7-16-17-19/h7,10,12-13H,3-6,8-9,11H2,1-2H3,(H,15,20)/t13-/m1/s1. The van der Waals surface area contributed by atoms with E-state index in [9.17, 15) is 4.79 Å². The van der Waals surface area contributed by atoms with E-state index in [1.165, 1.54) is 0 Å².